The molecule has 0 heterocycles. The highest BCUT2D eigenvalue weighted by Crippen LogP contribution is 2.20. The van der Waals surface area contributed by atoms with E-state index in [0.29, 0.717) is 12.4 Å². The number of hydrogen-bond donors (Lipinski definition) is 1. The Hall–Kier alpha value is -4.12. The zero-order chi connectivity index (χ0) is 21.3. The Bertz CT molecular complexity index is 1170. The van der Waals surface area contributed by atoms with Gasteiger partial charge >= 0.3 is 0 Å². The van der Waals surface area contributed by atoms with E-state index in [1.165, 1.54) is 0 Å². The van der Waals surface area contributed by atoms with Gasteiger partial charge in [-0.25, -0.2) is 5.43 Å². The summed E-state index contributed by atoms with van der Waals surface area (Å²) in [4.78, 5) is 12.0. The molecule has 0 saturated heterocycles. The second kappa shape index (κ2) is 10.1. The van der Waals surface area contributed by atoms with Crippen molar-refractivity contribution < 1.29 is 14.3 Å². The maximum absolute atomic E-state index is 12.0. The SMILES string of the molecule is O=C(COc1ccc2ccccc2c1)N/N=C\c1ccc(OCc2ccccc2)cc1. The highest BCUT2D eigenvalue weighted by molar-refractivity contribution is 5.84. The minimum absolute atomic E-state index is 0.109. The van der Waals surface area contributed by atoms with Crippen LogP contribution in [-0.4, -0.2) is 18.7 Å². The third-order valence-electron chi connectivity index (χ3n) is 4.62. The quantitative estimate of drug-likeness (QED) is 0.330. The molecule has 154 valence electrons. The molecule has 0 saturated carbocycles. The van der Waals surface area contributed by atoms with Gasteiger partial charge < -0.3 is 9.47 Å². The van der Waals surface area contributed by atoms with Crippen molar-refractivity contribution in [3.63, 3.8) is 0 Å². The second-order valence-corrected chi connectivity index (χ2v) is 6.93. The molecule has 0 bridgehead atoms. The van der Waals surface area contributed by atoms with Crippen LogP contribution < -0.4 is 14.9 Å². The van der Waals surface area contributed by atoms with Gasteiger partial charge in [0.15, 0.2) is 6.61 Å². The van der Waals surface area contributed by atoms with Gasteiger partial charge in [0, 0.05) is 0 Å². The standard InChI is InChI=1S/C26H22N2O3/c29-26(19-31-25-15-12-22-8-4-5-9-23(22)16-25)28-27-17-20-10-13-24(14-11-20)30-18-21-6-2-1-3-7-21/h1-17H,18-19H2,(H,28,29)/b27-17-. The second-order valence-electron chi connectivity index (χ2n) is 6.93. The summed E-state index contributed by atoms with van der Waals surface area (Å²) in [5.41, 5.74) is 4.44. The lowest BCUT2D eigenvalue weighted by atomic mass is 10.1. The minimum Gasteiger partial charge on any atom is -0.489 e. The van der Waals surface area contributed by atoms with E-state index in [4.69, 9.17) is 9.47 Å². The molecule has 4 aromatic rings. The van der Waals surface area contributed by atoms with E-state index in [9.17, 15) is 4.79 Å². The number of amides is 1. The molecule has 5 nitrogen and oxygen atoms in total. The number of hydrazone groups is 1. The van der Waals surface area contributed by atoms with Crippen molar-refractivity contribution in [3.05, 3.63) is 108 Å². The summed E-state index contributed by atoms with van der Waals surface area (Å²) >= 11 is 0. The van der Waals surface area contributed by atoms with Crippen LogP contribution >= 0.6 is 0 Å². The van der Waals surface area contributed by atoms with Crippen LogP contribution in [0, 0.1) is 0 Å². The molecule has 31 heavy (non-hydrogen) atoms. The summed E-state index contributed by atoms with van der Waals surface area (Å²) in [6.45, 7) is 0.406. The number of hydrogen-bond acceptors (Lipinski definition) is 4. The van der Waals surface area contributed by atoms with Crippen LogP contribution in [0.4, 0.5) is 0 Å². The first kappa shape index (κ1) is 20.2. The lowest BCUT2D eigenvalue weighted by Crippen LogP contribution is -2.24. The minimum atomic E-state index is -0.327. The van der Waals surface area contributed by atoms with E-state index in [0.717, 1.165) is 27.6 Å². The van der Waals surface area contributed by atoms with Crippen molar-refractivity contribution in [3.8, 4) is 11.5 Å². The van der Waals surface area contributed by atoms with Crippen LogP contribution in [0.3, 0.4) is 0 Å². The van der Waals surface area contributed by atoms with E-state index in [-0.39, 0.29) is 12.5 Å². The van der Waals surface area contributed by atoms with E-state index >= 15 is 0 Å². The number of benzene rings is 4. The normalized spacial score (nSPS) is 10.8. The van der Waals surface area contributed by atoms with Gasteiger partial charge in [-0.2, -0.15) is 5.10 Å². The van der Waals surface area contributed by atoms with E-state index in [1.54, 1.807) is 6.21 Å². The zero-order valence-corrected chi connectivity index (χ0v) is 16.9. The molecule has 1 N–H and O–H groups in total. The number of carbonyl (C=O) groups is 1. The molecular weight excluding hydrogens is 388 g/mol. The highest BCUT2D eigenvalue weighted by Gasteiger charge is 2.02. The number of ether oxygens (including phenoxy) is 2. The predicted octanol–water partition coefficient (Wildman–Crippen LogP) is 4.95. The topological polar surface area (TPSA) is 59.9 Å². The monoisotopic (exact) mass is 410 g/mol. The Morgan fingerprint density at radius 1 is 0.774 bits per heavy atom. The van der Waals surface area contributed by atoms with Gasteiger partial charge in [-0.3, -0.25) is 4.79 Å². The zero-order valence-electron chi connectivity index (χ0n) is 16.9. The third kappa shape index (κ3) is 5.93. The summed E-state index contributed by atoms with van der Waals surface area (Å²) in [6, 6.07) is 31.2. The molecule has 0 unspecified atom stereocenters. The number of nitrogens with one attached hydrogen (secondary N) is 1. The summed E-state index contributed by atoms with van der Waals surface area (Å²) in [6.07, 6.45) is 1.58. The lowest BCUT2D eigenvalue weighted by Gasteiger charge is -2.07. The number of nitrogens with zero attached hydrogens (tertiary/aromatic N) is 1. The molecule has 4 rings (SSSR count). The molecule has 0 radical (unpaired) electrons. The van der Waals surface area contributed by atoms with Crippen molar-refractivity contribution >= 4 is 22.9 Å². The van der Waals surface area contributed by atoms with Crippen molar-refractivity contribution in [1.82, 2.24) is 5.43 Å². The first-order chi connectivity index (χ1) is 15.3. The first-order valence-electron chi connectivity index (χ1n) is 9.96. The van der Waals surface area contributed by atoms with Crippen molar-refractivity contribution in [2.75, 3.05) is 6.61 Å². The summed E-state index contributed by atoms with van der Waals surface area (Å²) < 4.78 is 11.3. The van der Waals surface area contributed by atoms with Gasteiger partial charge in [-0.05, 0) is 58.3 Å². The van der Waals surface area contributed by atoms with Crippen LogP contribution in [0.15, 0.2) is 102 Å². The van der Waals surface area contributed by atoms with Crippen LogP contribution in [-0.2, 0) is 11.4 Å². The number of carbonyl (C=O) groups excluding carboxylic acids is 1. The maximum Gasteiger partial charge on any atom is 0.277 e. The van der Waals surface area contributed by atoms with Gasteiger partial charge in [-0.15, -0.1) is 0 Å². The number of rotatable bonds is 8. The Morgan fingerprint density at radius 3 is 2.29 bits per heavy atom. The van der Waals surface area contributed by atoms with Crippen molar-refractivity contribution in [2.45, 2.75) is 6.61 Å². The molecule has 0 aromatic heterocycles. The van der Waals surface area contributed by atoms with Crippen LogP contribution in [0.25, 0.3) is 10.8 Å². The van der Waals surface area contributed by atoms with Crippen molar-refractivity contribution in [2.24, 2.45) is 5.10 Å². The molecule has 0 atom stereocenters. The Labute approximate surface area is 180 Å². The van der Waals surface area contributed by atoms with E-state index in [1.807, 2.05) is 97.1 Å². The third-order valence-corrected chi connectivity index (χ3v) is 4.62. The van der Waals surface area contributed by atoms with Crippen molar-refractivity contribution in [1.29, 1.82) is 0 Å². The lowest BCUT2D eigenvalue weighted by molar-refractivity contribution is -0.123. The summed E-state index contributed by atoms with van der Waals surface area (Å²) in [5, 5.41) is 6.17. The molecule has 0 spiro atoms. The molecule has 0 fully saturated rings. The van der Waals surface area contributed by atoms with Gasteiger partial charge in [0.2, 0.25) is 0 Å². The van der Waals surface area contributed by atoms with Gasteiger partial charge in [0.05, 0.1) is 6.21 Å². The van der Waals surface area contributed by atoms with E-state index in [2.05, 4.69) is 10.5 Å². The largest absolute Gasteiger partial charge is 0.489 e. The van der Waals surface area contributed by atoms with E-state index < -0.39 is 0 Å². The molecule has 5 heteroatoms. The van der Waals surface area contributed by atoms with Crippen LogP contribution in [0.5, 0.6) is 11.5 Å². The average molecular weight is 410 g/mol. The van der Waals surface area contributed by atoms with Crippen LogP contribution in [0.1, 0.15) is 11.1 Å². The fourth-order valence-corrected chi connectivity index (χ4v) is 3.01. The highest BCUT2D eigenvalue weighted by atomic mass is 16.5. The fourth-order valence-electron chi connectivity index (χ4n) is 3.01. The first-order valence-corrected chi connectivity index (χ1v) is 9.96. The smallest absolute Gasteiger partial charge is 0.277 e. The average Bonchev–Trinajstić information content (AvgIpc) is 2.83. The Morgan fingerprint density at radius 2 is 1.48 bits per heavy atom. The molecule has 0 aliphatic rings. The summed E-state index contributed by atoms with van der Waals surface area (Å²) in [5.74, 6) is 1.09. The maximum atomic E-state index is 12.0. The molecule has 4 aromatic carbocycles. The van der Waals surface area contributed by atoms with Gasteiger partial charge in [0.1, 0.15) is 18.1 Å². The predicted molar refractivity (Wildman–Crippen MR) is 122 cm³/mol. The summed E-state index contributed by atoms with van der Waals surface area (Å²) in [7, 11) is 0. The van der Waals surface area contributed by atoms with Gasteiger partial charge in [-0.1, -0.05) is 60.7 Å². The Balaban J connectivity index is 1.22. The number of fused-ring (bicyclic) bond motifs is 1. The van der Waals surface area contributed by atoms with Gasteiger partial charge in [0.25, 0.3) is 5.91 Å². The van der Waals surface area contributed by atoms with Crippen LogP contribution in [0.2, 0.25) is 0 Å². The molecule has 1 amide bonds. The Kier molecular flexibility index (Phi) is 6.55. The fraction of sp³-hybridized carbons (Fsp3) is 0.0769. The molecule has 0 aliphatic carbocycles. The molecular formula is C26H22N2O3. The molecule has 0 aliphatic heterocycles.